The molecule has 5 nitrogen and oxygen atoms in total. The summed E-state index contributed by atoms with van der Waals surface area (Å²) < 4.78 is 30.5. The van der Waals surface area contributed by atoms with Crippen LogP contribution in [0.5, 0.6) is 0 Å². The summed E-state index contributed by atoms with van der Waals surface area (Å²) in [5, 5.41) is 0.634. The Morgan fingerprint density at radius 2 is 1.77 bits per heavy atom. The van der Waals surface area contributed by atoms with Gasteiger partial charge in [-0.15, -0.1) is 0 Å². The number of benzene rings is 3. The Morgan fingerprint density at radius 3 is 2.50 bits per heavy atom. The van der Waals surface area contributed by atoms with Gasteiger partial charge in [-0.2, -0.15) is 0 Å². The number of thiazole rings is 1. The van der Waals surface area contributed by atoms with E-state index in [2.05, 4.69) is 4.72 Å². The smallest absolute Gasteiger partial charge is 0.294 e. The fraction of sp³-hybridized carbons (Fsp3) is 0.136. The molecule has 0 bridgehead atoms. The van der Waals surface area contributed by atoms with Crippen molar-refractivity contribution in [1.82, 2.24) is 9.29 Å². The van der Waals surface area contributed by atoms with Gasteiger partial charge in [0.05, 0.1) is 21.7 Å². The fourth-order valence-corrected chi connectivity index (χ4v) is 5.36. The number of aromatic nitrogens is 1. The highest BCUT2D eigenvalue weighted by Crippen LogP contribution is 2.23. The summed E-state index contributed by atoms with van der Waals surface area (Å²) in [5.41, 5.74) is 3.59. The molecule has 0 aliphatic carbocycles. The summed E-state index contributed by atoms with van der Waals surface area (Å²) in [5.74, 6) is 0. The predicted molar refractivity (Wildman–Crippen MR) is 122 cm³/mol. The first-order valence-corrected chi connectivity index (χ1v) is 11.9. The van der Waals surface area contributed by atoms with E-state index in [9.17, 15) is 13.2 Å². The predicted octanol–water partition coefficient (Wildman–Crippen LogP) is 4.55. The second kappa shape index (κ2) is 8.35. The normalized spacial score (nSPS) is 11.8. The van der Waals surface area contributed by atoms with E-state index in [1.165, 1.54) is 6.07 Å². The second-order valence-corrected chi connectivity index (χ2v) is 10.2. The van der Waals surface area contributed by atoms with Gasteiger partial charge < -0.3 is 0 Å². The third kappa shape index (κ3) is 4.34. The van der Waals surface area contributed by atoms with E-state index in [0.717, 1.165) is 28.0 Å². The van der Waals surface area contributed by atoms with Gasteiger partial charge in [0, 0.05) is 11.6 Å². The third-order valence-corrected chi connectivity index (χ3v) is 7.51. The lowest BCUT2D eigenvalue weighted by molar-refractivity contribution is 0.581. The standard InChI is InChI=1S/C22H19ClN2O3S2/c1-15-4-2-3-5-17(15)13-24-30(27,28)19-10-11-20-21(12-19)29-22(26)25(20)14-16-6-8-18(23)9-7-16/h2-12,24H,13-14H2,1H3. The van der Waals surface area contributed by atoms with Crippen LogP contribution < -0.4 is 9.60 Å². The van der Waals surface area contributed by atoms with Crippen LogP contribution in [0.4, 0.5) is 0 Å². The van der Waals surface area contributed by atoms with Crippen LogP contribution >= 0.6 is 22.9 Å². The van der Waals surface area contributed by atoms with E-state index < -0.39 is 10.0 Å². The molecular formula is C22H19ClN2O3S2. The zero-order valence-electron chi connectivity index (χ0n) is 16.1. The van der Waals surface area contributed by atoms with Gasteiger partial charge in [0.15, 0.2) is 0 Å². The number of nitrogens with one attached hydrogen (secondary N) is 1. The van der Waals surface area contributed by atoms with Crippen LogP contribution in [-0.4, -0.2) is 13.0 Å². The Balaban J connectivity index is 1.61. The summed E-state index contributed by atoms with van der Waals surface area (Å²) in [6, 6.07) is 19.7. The molecule has 0 radical (unpaired) electrons. The molecule has 0 saturated heterocycles. The van der Waals surface area contributed by atoms with Crippen LogP contribution in [0, 0.1) is 6.92 Å². The molecule has 1 heterocycles. The highest BCUT2D eigenvalue weighted by atomic mass is 35.5. The average Bonchev–Trinajstić information content (AvgIpc) is 3.03. The number of rotatable bonds is 6. The molecule has 0 spiro atoms. The van der Waals surface area contributed by atoms with Gasteiger partial charge in [0.25, 0.3) is 0 Å². The van der Waals surface area contributed by atoms with Crippen molar-refractivity contribution in [3.8, 4) is 0 Å². The Kier molecular flexibility index (Phi) is 5.79. The first kappa shape index (κ1) is 20.8. The fourth-order valence-electron chi connectivity index (χ4n) is 3.20. The molecule has 8 heteroatoms. The van der Waals surface area contributed by atoms with Crippen molar-refractivity contribution in [3.05, 3.63) is 98.1 Å². The molecule has 0 fully saturated rings. The maximum atomic E-state index is 12.8. The number of hydrogen-bond donors (Lipinski definition) is 1. The molecule has 0 saturated carbocycles. The molecule has 1 N–H and O–H groups in total. The van der Waals surface area contributed by atoms with Crippen molar-refractivity contribution < 1.29 is 8.42 Å². The van der Waals surface area contributed by atoms with Crippen LogP contribution in [0.2, 0.25) is 5.02 Å². The Morgan fingerprint density at radius 1 is 1.03 bits per heavy atom. The average molecular weight is 459 g/mol. The molecule has 3 aromatic carbocycles. The zero-order chi connectivity index (χ0) is 21.3. The highest BCUT2D eigenvalue weighted by molar-refractivity contribution is 7.89. The van der Waals surface area contributed by atoms with E-state index in [4.69, 9.17) is 11.6 Å². The lowest BCUT2D eigenvalue weighted by Gasteiger charge is -2.09. The first-order valence-electron chi connectivity index (χ1n) is 9.25. The van der Waals surface area contributed by atoms with E-state index >= 15 is 0 Å². The number of fused-ring (bicyclic) bond motifs is 1. The van der Waals surface area contributed by atoms with Gasteiger partial charge >= 0.3 is 4.87 Å². The third-order valence-electron chi connectivity index (χ3n) is 4.92. The largest absolute Gasteiger partial charge is 0.308 e. The van der Waals surface area contributed by atoms with E-state index in [0.29, 0.717) is 21.8 Å². The quantitative estimate of drug-likeness (QED) is 0.460. The monoisotopic (exact) mass is 458 g/mol. The van der Waals surface area contributed by atoms with Crippen molar-refractivity contribution in [2.24, 2.45) is 0 Å². The number of halogens is 1. The lowest BCUT2D eigenvalue weighted by atomic mass is 10.1. The maximum absolute atomic E-state index is 12.8. The minimum absolute atomic E-state index is 0.137. The van der Waals surface area contributed by atoms with Crippen LogP contribution in [0.3, 0.4) is 0 Å². The Hall–Kier alpha value is -2.45. The zero-order valence-corrected chi connectivity index (χ0v) is 18.5. The number of nitrogens with zero attached hydrogens (tertiary/aromatic N) is 1. The molecule has 1 aromatic heterocycles. The van der Waals surface area contributed by atoms with E-state index in [1.807, 2.05) is 43.3 Å². The summed E-state index contributed by atoms with van der Waals surface area (Å²) in [4.78, 5) is 12.5. The molecule has 0 unspecified atom stereocenters. The van der Waals surface area contributed by atoms with Crippen LogP contribution in [0.1, 0.15) is 16.7 Å². The van der Waals surface area contributed by atoms with Crippen molar-refractivity contribution in [1.29, 1.82) is 0 Å². The molecule has 30 heavy (non-hydrogen) atoms. The van der Waals surface area contributed by atoms with E-state index in [-0.39, 0.29) is 16.3 Å². The molecule has 154 valence electrons. The SMILES string of the molecule is Cc1ccccc1CNS(=O)(=O)c1ccc2c(c1)sc(=O)n2Cc1ccc(Cl)cc1. The molecule has 4 rings (SSSR count). The van der Waals surface area contributed by atoms with Gasteiger partial charge in [0.2, 0.25) is 10.0 Å². The van der Waals surface area contributed by atoms with Gasteiger partial charge in [-0.05, 0) is 53.9 Å². The second-order valence-electron chi connectivity index (χ2n) is 6.96. The van der Waals surface area contributed by atoms with Crippen molar-refractivity contribution in [3.63, 3.8) is 0 Å². The molecule has 0 aliphatic rings. The summed E-state index contributed by atoms with van der Waals surface area (Å²) in [6.45, 7) is 2.55. The van der Waals surface area contributed by atoms with Crippen LogP contribution in [-0.2, 0) is 23.1 Å². The first-order chi connectivity index (χ1) is 14.3. The van der Waals surface area contributed by atoms with Crippen LogP contribution in [0.15, 0.2) is 76.4 Å². The molecule has 0 amide bonds. The summed E-state index contributed by atoms with van der Waals surface area (Å²) in [6.07, 6.45) is 0. The topological polar surface area (TPSA) is 68.2 Å². The van der Waals surface area contributed by atoms with Gasteiger partial charge in [0.1, 0.15) is 0 Å². The van der Waals surface area contributed by atoms with Crippen molar-refractivity contribution >= 4 is 43.2 Å². The Bertz CT molecular complexity index is 1370. The number of aryl methyl sites for hydroxylation is 1. The lowest BCUT2D eigenvalue weighted by Crippen LogP contribution is -2.23. The van der Waals surface area contributed by atoms with Gasteiger partial charge in [-0.25, -0.2) is 13.1 Å². The van der Waals surface area contributed by atoms with Crippen LogP contribution in [0.25, 0.3) is 10.2 Å². The van der Waals surface area contributed by atoms with Gasteiger partial charge in [-0.1, -0.05) is 59.3 Å². The van der Waals surface area contributed by atoms with Gasteiger partial charge in [-0.3, -0.25) is 9.36 Å². The molecule has 4 aromatic rings. The molecule has 0 atom stereocenters. The highest BCUT2D eigenvalue weighted by Gasteiger charge is 2.17. The molecular weight excluding hydrogens is 440 g/mol. The summed E-state index contributed by atoms with van der Waals surface area (Å²) in [7, 11) is -3.70. The minimum Gasteiger partial charge on any atom is -0.294 e. The maximum Gasteiger partial charge on any atom is 0.308 e. The number of hydrogen-bond acceptors (Lipinski definition) is 4. The summed E-state index contributed by atoms with van der Waals surface area (Å²) >= 11 is 6.96. The minimum atomic E-state index is -3.70. The number of sulfonamides is 1. The Labute approximate surface area is 183 Å². The van der Waals surface area contributed by atoms with E-state index in [1.54, 1.807) is 28.8 Å². The van der Waals surface area contributed by atoms with Crippen molar-refractivity contribution in [2.45, 2.75) is 24.9 Å². The van der Waals surface area contributed by atoms with Crippen molar-refractivity contribution in [2.75, 3.05) is 0 Å². The molecule has 0 aliphatic heterocycles.